The largest absolute Gasteiger partial charge is 0.454 e. The predicted molar refractivity (Wildman–Crippen MR) is 147 cm³/mol. The first kappa shape index (κ1) is 23.0. The van der Waals surface area contributed by atoms with Gasteiger partial charge in [0.1, 0.15) is 5.75 Å². The van der Waals surface area contributed by atoms with Crippen molar-refractivity contribution in [2.45, 2.75) is 12.8 Å². The van der Waals surface area contributed by atoms with Gasteiger partial charge in [0.05, 0.1) is 23.4 Å². The molecule has 0 bridgehead atoms. The molecule has 1 fully saturated rings. The van der Waals surface area contributed by atoms with Gasteiger partial charge in [0.15, 0.2) is 11.5 Å². The molecule has 40 heavy (non-hydrogen) atoms. The number of hydrogen-bond acceptors (Lipinski definition) is 6. The molecule has 4 aromatic carbocycles. The van der Waals surface area contributed by atoms with Crippen molar-refractivity contribution in [1.29, 1.82) is 0 Å². The molecule has 3 aliphatic heterocycles. The Morgan fingerprint density at radius 2 is 1.57 bits per heavy atom. The van der Waals surface area contributed by atoms with Gasteiger partial charge in [-0.3, -0.25) is 14.4 Å². The first-order valence-corrected chi connectivity index (χ1v) is 13.3. The van der Waals surface area contributed by atoms with Gasteiger partial charge in [0.2, 0.25) is 18.6 Å². The summed E-state index contributed by atoms with van der Waals surface area (Å²) in [6.45, 7) is 2.08. The lowest BCUT2D eigenvalue weighted by molar-refractivity contribution is -0.142. The number of imide groups is 1. The van der Waals surface area contributed by atoms with E-state index >= 15 is 0 Å². The van der Waals surface area contributed by atoms with Crippen LogP contribution in [-0.4, -0.2) is 24.6 Å². The quantitative estimate of drug-likeness (QED) is 0.197. The first-order valence-electron chi connectivity index (χ1n) is 13.3. The van der Waals surface area contributed by atoms with E-state index in [-0.39, 0.29) is 18.6 Å². The Morgan fingerprint density at radius 3 is 2.42 bits per heavy atom. The Bertz CT molecular complexity index is 1810. The molecule has 0 spiro atoms. The van der Waals surface area contributed by atoms with Crippen LogP contribution in [0.25, 0.3) is 16.3 Å². The van der Waals surface area contributed by atoms with Gasteiger partial charge in [-0.2, -0.15) is 0 Å². The number of carbonyl (C=O) groups is 3. The number of benzene rings is 4. The monoisotopic (exact) mass is 529 g/mol. The smallest absolute Gasteiger partial charge is 0.319 e. The van der Waals surface area contributed by atoms with Gasteiger partial charge in [-0.15, -0.1) is 0 Å². The molecule has 2 amide bonds. The van der Waals surface area contributed by atoms with Crippen LogP contribution in [0.15, 0.2) is 84.9 Å². The van der Waals surface area contributed by atoms with E-state index in [1.54, 1.807) is 12.1 Å². The van der Waals surface area contributed by atoms with E-state index in [9.17, 15) is 14.4 Å². The fourth-order valence-electron chi connectivity index (χ4n) is 6.68. The number of esters is 1. The molecule has 3 heterocycles. The maximum atomic E-state index is 14.1. The van der Waals surface area contributed by atoms with Crippen molar-refractivity contribution in [1.82, 2.24) is 0 Å². The van der Waals surface area contributed by atoms with Crippen LogP contribution in [0.1, 0.15) is 22.6 Å². The standard InChI is InChI=1S/C33H23NO6/c1-17-6-10-20(11-7-17)34-31(35)27-23(19-9-13-25-26(14-19)39-16-38-25)15-24-22-12-8-18-4-2-3-5-21(18)30(22)40-33(37)28(24)29(27)32(34)36/h2-15,23,27-29H,16H2,1H3/t23-,27+,28+,29-/m0/s1. The third-order valence-corrected chi connectivity index (χ3v) is 8.56. The van der Waals surface area contributed by atoms with Crippen molar-refractivity contribution in [3.8, 4) is 17.2 Å². The van der Waals surface area contributed by atoms with Gasteiger partial charge >= 0.3 is 5.97 Å². The van der Waals surface area contributed by atoms with Crippen LogP contribution in [0.4, 0.5) is 5.69 Å². The van der Waals surface area contributed by atoms with Crippen molar-refractivity contribution < 1.29 is 28.6 Å². The Hall–Kier alpha value is -4.91. The number of ether oxygens (including phenoxy) is 3. The number of rotatable bonds is 2. The molecule has 8 rings (SSSR count). The average Bonchev–Trinajstić information content (AvgIpc) is 3.55. The number of allylic oxidation sites excluding steroid dienone is 1. The number of fused-ring (bicyclic) bond motifs is 8. The summed E-state index contributed by atoms with van der Waals surface area (Å²) in [7, 11) is 0. The fraction of sp³-hybridized carbons (Fsp3) is 0.182. The van der Waals surface area contributed by atoms with Gasteiger partial charge < -0.3 is 14.2 Å². The van der Waals surface area contributed by atoms with Gasteiger partial charge in [-0.25, -0.2) is 4.90 Å². The van der Waals surface area contributed by atoms with Crippen molar-refractivity contribution in [2.75, 3.05) is 11.7 Å². The second kappa shape index (κ2) is 8.29. The minimum atomic E-state index is -0.906. The molecule has 1 saturated heterocycles. The Labute approximate surface area is 229 Å². The summed E-state index contributed by atoms with van der Waals surface area (Å²) in [6.07, 6.45) is 1.99. The van der Waals surface area contributed by atoms with Gasteiger partial charge in [-0.05, 0) is 47.7 Å². The third-order valence-electron chi connectivity index (χ3n) is 8.56. The van der Waals surface area contributed by atoms with E-state index < -0.39 is 29.6 Å². The lowest BCUT2D eigenvalue weighted by Gasteiger charge is -2.38. The summed E-state index contributed by atoms with van der Waals surface area (Å²) < 4.78 is 17.1. The first-order chi connectivity index (χ1) is 19.5. The van der Waals surface area contributed by atoms with E-state index in [0.29, 0.717) is 28.5 Å². The molecule has 0 N–H and O–H groups in total. The van der Waals surface area contributed by atoms with Crippen LogP contribution < -0.4 is 19.1 Å². The van der Waals surface area contributed by atoms with Crippen molar-refractivity contribution in [2.24, 2.45) is 17.8 Å². The van der Waals surface area contributed by atoms with E-state index in [2.05, 4.69) is 0 Å². The molecule has 196 valence electrons. The normalized spacial score (nSPS) is 24.4. The molecule has 4 aromatic rings. The molecule has 7 heteroatoms. The summed E-state index contributed by atoms with van der Waals surface area (Å²) >= 11 is 0. The minimum Gasteiger partial charge on any atom is -0.454 e. The number of hydrogen-bond donors (Lipinski definition) is 0. The second-order valence-corrected chi connectivity index (χ2v) is 10.7. The molecule has 0 saturated carbocycles. The summed E-state index contributed by atoms with van der Waals surface area (Å²) in [5.74, 6) is -2.56. The van der Waals surface area contributed by atoms with Crippen molar-refractivity contribution in [3.63, 3.8) is 0 Å². The zero-order valence-electron chi connectivity index (χ0n) is 21.5. The predicted octanol–water partition coefficient (Wildman–Crippen LogP) is 5.40. The molecule has 4 atom stereocenters. The Kier molecular flexibility index (Phi) is 4.77. The van der Waals surface area contributed by atoms with Crippen LogP contribution in [0, 0.1) is 24.7 Å². The Balaban J connectivity index is 1.34. The number of amides is 2. The summed E-state index contributed by atoms with van der Waals surface area (Å²) in [5.41, 5.74) is 3.81. The van der Waals surface area contributed by atoms with Gasteiger partial charge in [-0.1, -0.05) is 66.2 Å². The van der Waals surface area contributed by atoms with Crippen LogP contribution in [0.5, 0.6) is 17.2 Å². The van der Waals surface area contributed by atoms with Crippen molar-refractivity contribution in [3.05, 3.63) is 102 Å². The van der Waals surface area contributed by atoms with Crippen LogP contribution in [0.2, 0.25) is 0 Å². The molecule has 4 aliphatic rings. The molecular weight excluding hydrogens is 506 g/mol. The Morgan fingerprint density at radius 1 is 0.800 bits per heavy atom. The van der Waals surface area contributed by atoms with E-state index in [0.717, 1.165) is 27.5 Å². The number of carbonyl (C=O) groups excluding carboxylic acids is 3. The fourth-order valence-corrected chi connectivity index (χ4v) is 6.68. The van der Waals surface area contributed by atoms with E-state index in [4.69, 9.17) is 14.2 Å². The number of aryl methyl sites for hydroxylation is 1. The molecule has 0 unspecified atom stereocenters. The maximum absolute atomic E-state index is 14.1. The molecule has 1 aliphatic carbocycles. The highest BCUT2D eigenvalue weighted by molar-refractivity contribution is 6.24. The lowest BCUT2D eigenvalue weighted by Crippen LogP contribution is -2.42. The zero-order chi connectivity index (χ0) is 27.1. The SMILES string of the molecule is Cc1ccc(N2C(=O)[C@@H]3[C@@H]4C(=O)Oc5c(ccc6ccccc56)C4=C[C@@H](c4ccc5c(c4)OCO5)[C@H]3C2=O)cc1. The van der Waals surface area contributed by atoms with Crippen molar-refractivity contribution >= 4 is 39.8 Å². The average molecular weight is 530 g/mol. The van der Waals surface area contributed by atoms with E-state index in [1.807, 2.05) is 79.7 Å². The lowest BCUT2D eigenvalue weighted by atomic mass is 9.64. The summed E-state index contributed by atoms with van der Waals surface area (Å²) in [6, 6.07) is 24.5. The highest BCUT2D eigenvalue weighted by atomic mass is 16.7. The van der Waals surface area contributed by atoms with Crippen LogP contribution in [-0.2, 0) is 14.4 Å². The molecular formula is C33H23NO6. The van der Waals surface area contributed by atoms with Crippen LogP contribution in [0.3, 0.4) is 0 Å². The number of nitrogens with zero attached hydrogens (tertiary/aromatic N) is 1. The van der Waals surface area contributed by atoms with Crippen LogP contribution >= 0.6 is 0 Å². The second-order valence-electron chi connectivity index (χ2n) is 10.7. The molecule has 0 aromatic heterocycles. The van der Waals surface area contributed by atoms with E-state index in [1.165, 1.54) is 4.90 Å². The minimum absolute atomic E-state index is 0.129. The molecule has 0 radical (unpaired) electrons. The summed E-state index contributed by atoms with van der Waals surface area (Å²) in [5, 5.41) is 1.77. The van der Waals surface area contributed by atoms with Gasteiger partial charge in [0, 0.05) is 16.9 Å². The highest BCUT2D eigenvalue weighted by Gasteiger charge is 2.60. The molecule has 7 nitrogen and oxygen atoms in total. The maximum Gasteiger partial charge on any atom is 0.319 e. The zero-order valence-corrected chi connectivity index (χ0v) is 21.5. The third kappa shape index (κ3) is 3.14. The van der Waals surface area contributed by atoms with Gasteiger partial charge in [0.25, 0.3) is 0 Å². The summed E-state index contributed by atoms with van der Waals surface area (Å²) in [4.78, 5) is 43.2. The topological polar surface area (TPSA) is 82.1 Å². The number of anilines is 1. The highest BCUT2D eigenvalue weighted by Crippen LogP contribution is 2.56.